The number of nitrogens with one attached hydrogen (secondary N) is 1. The first-order chi connectivity index (χ1) is 13.9. The summed E-state index contributed by atoms with van der Waals surface area (Å²) in [5, 5.41) is 9.76. The number of hydrogen-bond donors (Lipinski definition) is 2. The van der Waals surface area contributed by atoms with Crippen molar-refractivity contribution in [1.82, 2.24) is 10.5 Å². The minimum absolute atomic E-state index is 0.101. The molecule has 3 heterocycles. The summed E-state index contributed by atoms with van der Waals surface area (Å²) >= 11 is 0. The van der Waals surface area contributed by atoms with Gasteiger partial charge in [0, 0.05) is 36.6 Å². The highest BCUT2D eigenvalue weighted by Crippen LogP contribution is 2.35. The Labute approximate surface area is 167 Å². The van der Waals surface area contributed by atoms with Crippen molar-refractivity contribution >= 4 is 26.7 Å². The van der Waals surface area contributed by atoms with Gasteiger partial charge in [-0.15, -0.1) is 0 Å². The largest absolute Gasteiger partial charge is 0.456 e. The van der Waals surface area contributed by atoms with Gasteiger partial charge in [-0.25, -0.2) is 13.9 Å². The summed E-state index contributed by atoms with van der Waals surface area (Å²) in [5.74, 6) is -0.498. The van der Waals surface area contributed by atoms with E-state index >= 15 is 0 Å². The second-order valence-electron chi connectivity index (χ2n) is 7.14. The SMILES string of the molecule is O=C(NO)C1(CS(=O)(=O)c2ccc3oc(-c4ccncc4)cc3c2)CCOCC1. The standard InChI is InChI=1S/C20H20N2O6S/c23-19(22-24)20(5-9-27-10-6-20)13-29(25,26)16-1-2-17-15(11-16)12-18(28-17)14-3-7-21-8-4-14/h1-4,7-8,11-12,24H,5-6,9-10,13H2,(H,22,23). The second kappa shape index (κ2) is 7.58. The van der Waals surface area contributed by atoms with E-state index in [2.05, 4.69) is 4.98 Å². The molecule has 0 aliphatic carbocycles. The molecule has 1 fully saturated rings. The van der Waals surface area contributed by atoms with E-state index in [0.717, 1.165) is 5.56 Å². The molecule has 1 saturated heterocycles. The molecular weight excluding hydrogens is 396 g/mol. The monoisotopic (exact) mass is 416 g/mol. The summed E-state index contributed by atoms with van der Waals surface area (Å²) in [7, 11) is -3.80. The quantitative estimate of drug-likeness (QED) is 0.485. The van der Waals surface area contributed by atoms with E-state index < -0.39 is 26.9 Å². The van der Waals surface area contributed by atoms with E-state index in [1.165, 1.54) is 6.07 Å². The number of carbonyl (C=O) groups excluding carboxylic acids is 1. The average Bonchev–Trinajstić information content (AvgIpc) is 3.17. The number of amides is 1. The number of benzene rings is 1. The van der Waals surface area contributed by atoms with Crippen molar-refractivity contribution in [3.8, 4) is 11.3 Å². The lowest BCUT2D eigenvalue weighted by atomic mass is 9.81. The van der Waals surface area contributed by atoms with Crippen LogP contribution in [0.3, 0.4) is 0 Å². The van der Waals surface area contributed by atoms with Crippen LogP contribution in [0.4, 0.5) is 0 Å². The maximum atomic E-state index is 13.1. The Morgan fingerprint density at radius 2 is 1.86 bits per heavy atom. The molecule has 4 rings (SSSR count). The van der Waals surface area contributed by atoms with Crippen molar-refractivity contribution in [1.29, 1.82) is 0 Å². The Hall–Kier alpha value is -2.75. The molecule has 1 aliphatic rings. The number of furan rings is 1. The van der Waals surface area contributed by atoms with Gasteiger partial charge < -0.3 is 9.15 Å². The van der Waals surface area contributed by atoms with Crippen molar-refractivity contribution in [2.24, 2.45) is 5.41 Å². The third-order valence-corrected chi connectivity index (χ3v) is 7.22. The molecule has 0 atom stereocenters. The van der Waals surface area contributed by atoms with Crippen LogP contribution in [0, 0.1) is 5.41 Å². The highest BCUT2D eigenvalue weighted by molar-refractivity contribution is 7.91. The van der Waals surface area contributed by atoms with E-state index in [4.69, 9.17) is 14.4 Å². The lowest BCUT2D eigenvalue weighted by molar-refractivity contribution is -0.143. The lowest BCUT2D eigenvalue weighted by Crippen LogP contribution is -2.47. The van der Waals surface area contributed by atoms with Crippen LogP contribution in [0.15, 0.2) is 58.1 Å². The Morgan fingerprint density at radius 1 is 1.14 bits per heavy atom. The van der Waals surface area contributed by atoms with Gasteiger partial charge in [-0.3, -0.25) is 15.0 Å². The molecule has 29 heavy (non-hydrogen) atoms. The minimum Gasteiger partial charge on any atom is -0.456 e. The number of sulfone groups is 1. The summed E-state index contributed by atoms with van der Waals surface area (Å²) in [6.45, 7) is 0.526. The van der Waals surface area contributed by atoms with Crippen LogP contribution in [0.25, 0.3) is 22.3 Å². The van der Waals surface area contributed by atoms with Gasteiger partial charge in [-0.2, -0.15) is 0 Å². The van der Waals surface area contributed by atoms with Crippen LogP contribution in [-0.4, -0.2) is 43.5 Å². The van der Waals surface area contributed by atoms with Gasteiger partial charge in [-0.1, -0.05) is 0 Å². The topological polar surface area (TPSA) is 119 Å². The molecule has 1 aromatic carbocycles. The maximum Gasteiger partial charge on any atom is 0.250 e. The normalized spacial score (nSPS) is 16.6. The summed E-state index contributed by atoms with van der Waals surface area (Å²) in [4.78, 5) is 16.3. The first-order valence-corrected chi connectivity index (χ1v) is 10.8. The van der Waals surface area contributed by atoms with E-state index in [1.54, 1.807) is 48.2 Å². The molecular formula is C20H20N2O6S. The highest BCUT2D eigenvalue weighted by atomic mass is 32.2. The van der Waals surface area contributed by atoms with Gasteiger partial charge in [0.1, 0.15) is 11.3 Å². The number of aromatic nitrogens is 1. The van der Waals surface area contributed by atoms with E-state index in [9.17, 15) is 13.2 Å². The highest BCUT2D eigenvalue weighted by Gasteiger charge is 2.44. The zero-order chi connectivity index (χ0) is 20.5. The van der Waals surface area contributed by atoms with Crippen molar-refractivity contribution in [3.05, 3.63) is 48.8 Å². The fraction of sp³-hybridized carbons (Fsp3) is 0.300. The van der Waals surface area contributed by atoms with Crippen molar-refractivity contribution in [2.75, 3.05) is 19.0 Å². The molecule has 0 saturated carbocycles. The van der Waals surface area contributed by atoms with Crippen LogP contribution in [0.5, 0.6) is 0 Å². The number of hydroxylamine groups is 1. The minimum atomic E-state index is -3.80. The fourth-order valence-electron chi connectivity index (χ4n) is 3.64. The number of ether oxygens (including phenoxy) is 1. The van der Waals surface area contributed by atoms with Gasteiger partial charge in [-0.05, 0) is 49.2 Å². The van der Waals surface area contributed by atoms with Gasteiger partial charge in [0.15, 0.2) is 9.84 Å². The second-order valence-corrected chi connectivity index (χ2v) is 9.13. The summed E-state index contributed by atoms with van der Waals surface area (Å²) in [6, 6.07) is 10.0. The molecule has 1 aliphatic heterocycles. The molecule has 1 amide bonds. The third kappa shape index (κ3) is 3.76. The number of hydrogen-bond acceptors (Lipinski definition) is 7. The Morgan fingerprint density at radius 3 is 2.55 bits per heavy atom. The van der Waals surface area contributed by atoms with Crippen molar-refractivity contribution in [2.45, 2.75) is 17.7 Å². The molecule has 0 spiro atoms. The first-order valence-electron chi connectivity index (χ1n) is 9.13. The average molecular weight is 416 g/mol. The van der Waals surface area contributed by atoms with Crippen LogP contribution in [0.2, 0.25) is 0 Å². The molecule has 3 aromatic rings. The molecule has 2 N–H and O–H groups in total. The van der Waals surface area contributed by atoms with Crippen LogP contribution in [0.1, 0.15) is 12.8 Å². The van der Waals surface area contributed by atoms with Crippen LogP contribution in [-0.2, 0) is 19.4 Å². The Balaban J connectivity index is 1.68. The first kappa shape index (κ1) is 19.6. The number of rotatable bonds is 5. The van der Waals surface area contributed by atoms with Crippen molar-refractivity contribution < 1.29 is 27.6 Å². The van der Waals surface area contributed by atoms with Gasteiger partial charge in [0.05, 0.1) is 16.1 Å². The third-order valence-electron chi connectivity index (χ3n) is 5.31. The zero-order valence-corrected chi connectivity index (χ0v) is 16.3. The van der Waals surface area contributed by atoms with Gasteiger partial charge in [0.2, 0.25) is 0 Å². The number of nitrogens with zero attached hydrogens (tertiary/aromatic N) is 1. The number of fused-ring (bicyclic) bond motifs is 1. The molecule has 152 valence electrons. The van der Waals surface area contributed by atoms with Crippen LogP contribution < -0.4 is 5.48 Å². The lowest BCUT2D eigenvalue weighted by Gasteiger charge is -2.34. The van der Waals surface area contributed by atoms with Gasteiger partial charge >= 0.3 is 0 Å². The summed E-state index contributed by atoms with van der Waals surface area (Å²) in [6.07, 6.45) is 3.74. The molecule has 2 aromatic heterocycles. The van der Waals surface area contributed by atoms with E-state index in [-0.39, 0.29) is 31.0 Å². The van der Waals surface area contributed by atoms with E-state index in [1.807, 2.05) is 0 Å². The van der Waals surface area contributed by atoms with Crippen LogP contribution >= 0.6 is 0 Å². The van der Waals surface area contributed by atoms with Gasteiger partial charge in [0.25, 0.3) is 5.91 Å². The zero-order valence-electron chi connectivity index (χ0n) is 15.5. The number of carbonyl (C=O) groups is 1. The molecule has 0 bridgehead atoms. The molecule has 8 nitrogen and oxygen atoms in total. The predicted octanol–water partition coefficient (Wildman–Crippen LogP) is 2.57. The van der Waals surface area contributed by atoms with Crippen molar-refractivity contribution in [3.63, 3.8) is 0 Å². The maximum absolute atomic E-state index is 13.1. The summed E-state index contributed by atoms with van der Waals surface area (Å²) < 4.78 is 37.3. The molecule has 0 unspecified atom stereocenters. The predicted molar refractivity (Wildman–Crippen MR) is 104 cm³/mol. The molecule has 0 radical (unpaired) electrons. The fourth-order valence-corrected chi connectivity index (χ4v) is 5.53. The molecule has 9 heteroatoms. The summed E-state index contributed by atoms with van der Waals surface area (Å²) in [5.41, 5.74) is 1.79. The Kier molecular flexibility index (Phi) is 5.12. The number of pyridine rings is 1. The van der Waals surface area contributed by atoms with E-state index in [0.29, 0.717) is 16.7 Å². The smallest absolute Gasteiger partial charge is 0.250 e. The Bertz CT molecular complexity index is 1130.